The van der Waals surface area contributed by atoms with E-state index in [0.717, 1.165) is 16.0 Å². The molecule has 1 amide bonds. The van der Waals surface area contributed by atoms with Gasteiger partial charge in [0.15, 0.2) is 11.2 Å². The van der Waals surface area contributed by atoms with E-state index in [9.17, 15) is 9.90 Å². The summed E-state index contributed by atoms with van der Waals surface area (Å²) in [6.45, 7) is 1.88. The Labute approximate surface area is 167 Å². The maximum absolute atomic E-state index is 11.5. The molecular formula is C21H19N6O2-. The Bertz CT molecular complexity index is 1100. The third kappa shape index (κ3) is 3.36. The SMILES string of the molecule is CCN(C(=O)[O-])c1cc(N)c2nnn(C(c3ccccc3)c3ccccc3)c2n1. The molecule has 0 unspecified atom stereocenters. The van der Waals surface area contributed by atoms with Gasteiger partial charge in [0, 0.05) is 12.6 Å². The molecule has 2 aromatic carbocycles. The topological polar surface area (TPSA) is 113 Å². The summed E-state index contributed by atoms with van der Waals surface area (Å²) >= 11 is 0. The van der Waals surface area contributed by atoms with Crippen LogP contribution in [0, 0.1) is 0 Å². The van der Waals surface area contributed by atoms with Gasteiger partial charge in [-0.25, -0.2) is 9.67 Å². The summed E-state index contributed by atoms with van der Waals surface area (Å²) in [4.78, 5) is 17.0. The number of amides is 1. The monoisotopic (exact) mass is 387 g/mol. The van der Waals surface area contributed by atoms with E-state index in [2.05, 4.69) is 15.3 Å². The molecular weight excluding hydrogens is 368 g/mol. The molecule has 0 radical (unpaired) electrons. The van der Waals surface area contributed by atoms with Crippen LogP contribution in [0.25, 0.3) is 11.2 Å². The summed E-state index contributed by atoms with van der Waals surface area (Å²) in [5.41, 5.74) is 9.24. The van der Waals surface area contributed by atoms with Gasteiger partial charge in [-0.1, -0.05) is 65.9 Å². The first kappa shape index (κ1) is 18.4. The zero-order valence-corrected chi connectivity index (χ0v) is 15.8. The van der Waals surface area contributed by atoms with E-state index in [-0.39, 0.29) is 18.4 Å². The van der Waals surface area contributed by atoms with Crippen molar-refractivity contribution in [1.82, 2.24) is 20.0 Å². The van der Waals surface area contributed by atoms with Gasteiger partial charge in [-0.05, 0) is 18.1 Å². The molecule has 8 heteroatoms. The largest absolute Gasteiger partial charge is 0.530 e. The molecule has 0 spiro atoms. The molecule has 29 heavy (non-hydrogen) atoms. The van der Waals surface area contributed by atoms with E-state index < -0.39 is 6.09 Å². The summed E-state index contributed by atoms with van der Waals surface area (Å²) < 4.78 is 1.67. The van der Waals surface area contributed by atoms with Gasteiger partial charge in [-0.2, -0.15) is 0 Å². The van der Waals surface area contributed by atoms with Crippen LogP contribution in [0.1, 0.15) is 24.1 Å². The van der Waals surface area contributed by atoms with Crippen LogP contribution < -0.4 is 15.7 Å². The van der Waals surface area contributed by atoms with Crippen LogP contribution in [-0.4, -0.2) is 32.6 Å². The highest BCUT2D eigenvalue weighted by Gasteiger charge is 2.23. The number of fused-ring (bicyclic) bond motifs is 1. The second-order valence-corrected chi connectivity index (χ2v) is 6.51. The lowest BCUT2D eigenvalue weighted by molar-refractivity contribution is -0.246. The van der Waals surface area contributed by atoms with Crippen molar-refractivity contribution in [2.24, 2.45) is 0 Å². The van der Waals surface area contributed by atoms with Crippen LogP contribution in [0.15, 0.2) is 66.7 Å². The molecule has 2 heterocycles. The number of rotatable bonds is 5. The molecule has 0 saturated carbocycles. The normalized spacial score (nSPS) is 11.1. The molecule has 0 saturated heterocycles. The van der Waals surface area contributed by atoms with Gasteiger partial charge in [-0.3, -0.25) is 0 Å². The van der Waals surface area contributed by atoms with Gasteiger partial charge < -0.3 is 20.5 Å². The fraction of sp³-hybridized carbons (Fsp3) is 0.143. The second-order valence-electron chi connectivity index (χ2n) is 6.51. The Kier molecular flexibility index (Phi) is 4.82. The Morgan fingerprint density at radius 3 is 2.21 bits per heavy atom. The molecule has 0 atom stereocenters. The summed E-state index contributed by atoms with van der Waals surface area (Å²) in [7, 11) is 0. The number of carboxylic acid groups (broad SMARTS) is 1. The van der Waals surface area contributed by atoms with Gasteiger partial charge in [0.2, 0.25) is 0 Å². The number of benzene rings is 2. The zero-order valence-electron chi connectivity index (χ0n) is 15.8. The minimum absolute atomic E-state index is 0.181. The van der Waals surface area contributed by atoms with Crippen molar-refractivity contribution in [3.8, 4) is 0 Å². The van der Waals surface area contributed by atoms with E-state index in [0.29, 0.717) is 16.9 Å². The predicted molar refractivity (Wildman–Crippen MR) is 108 cm³/mol. The van der Waals surface area contributed by atoms with Gasteiger partial charge >= 0.3 is 0 Å². The zero-order chi connectivity index (χ0) is 20.4. The van der Waals surface area contributed by atoms with Gasteiger partial charge in [0.05, 0.1) is 5.69 Å². The van der Waals surface area contributed by atoms with E-state index >= 15 is 0 Å². The third-order valence-electron chi connectivity index (χ3n) is 4.74. The molecule has 2 N–H and O–H groups in total. The van der Waals surface area contributed by atoms with Crippen LogP contribution in [0.4, 0.5) is 16.3 Å². The van der Waals surface area contributed by atoms with E-state index in [1.165, 1.54) is 6.07 Å². The van der Waals surface area contributed by atoms with Crippen molar-refractivity contribution in [2.75, 3.05) is 17.2 Å². The number of aromatic nitrogens is 4. The first-order valence-electron chi connectivity index (χ1n) is 9.20. The van der Waals surface area contributed by atoms with Crippen LogP contribution in [-0.2, 0) is 0 Å². The van der Waals surface area contributed by atoms with Crippen LogP contribution in [0.2, 0.25) is 0 Å². The second kappa shape index (κ2) is 7.59. The lowest BCUT2D eigenvalue weighted by Crippen LogP contribution is -2.41. The molecule has 4 rings (SSSR count). The summed E-state index contributed by atoms with van der Waals surface area (Å²) in [6.07, 6.45) is -1.35. The van der Waals surface area contributed by atoms with Crippen molar-refractivity contribution in [3.63, 3.8) is 0 Å². The number of hydrogen-bond acceptors (Lipinski definition) is 6. The lowest BCUT2D eigenvalue weighted by atomic mass is 9.99. The average Bonchev–Trinajstić information content (AvgIpc) is 3.14. The molecule has 0 aliphatic rings. The first-order valence-corrected chi connectivity index (χ1v) is 9.20. The molecule has 0 aliphatic carbocycles. The Morgan fingerprint density at radius 1 is 1.10 bits per heavy atom. The number of nitrogens with zero attached hydrogens (tertiary/aromatic N) is 5. The maximum atomic E-state index is 11.5. The standard InChI is InChI=1S/C21H20N6O2/c1-2-26(21(28)29)17-13-16(22)18-20(23-17)27(25-24-18)19(14-9-5-3-6-10-14)15-11-7-4-8-12-15/h3-13,19H,2H2,1H3,(H2,22,23)(H,28,29)/p-1. The fourth-order valence-corrected chi connectivity index (χ4v) is 3.37. The van der Waals surface area contributed by atoms with E-state index in [1.807, 2.05) is 60.7 Å². The van der Waals surface area contributed by atoms with Crippen LogP contribution in [0.3, 0.4) is 0 Å². The smallest absolute Gasteiger partial charge is 0.183 e. The Hall–Kier alpha value is -3.94. The maximum Gasteiger partial charge on any atom is 0.183 e. The highest BCUT2D eigenvalue weighted by atomic mass is 16.4. The van der Waals surface area contributed by atoms with Crippen molar-refractivity contribution in [2.45, 2.75) is 13.0 Å². The minimum atomic E-state index is -1.35. The van der Waals surface area contributed by atoms with Crippen LogP contribution in [0.5, 0.6) is 0 Å². The number of carbonyl (C=O) groups excluding carboxylic acids is 1. The Morgan fingerprint density at radius 2 is 1.69 bits per heavy atom. The summed E-state index contributed by atoms with van der Waals surface area (Å²) in [5, 5.41) is 20.0. The van der Waals surface area contributed by atoms with Crippen molar-refractivity contribution in [3.05, 3.63) is 77.9 Å². The summed E-state index contributed by atoms with van der Waals surface area (Å²) in [5.74, 6) is 0.181. The molecule has 0 fully saturated rings. The van der Waals surface area contributed by atoms with Gasteiger partial charge in [0.25, 0.3) is 0 Å². The molecule has 4 aromatic rings. The number of anilines is 2. The first-order chi connectivity index (χ1) is 14.1. The van der Waals surface area contributed by atoms with Gasteiger partial charge in [-0.15, -0.1) is 5.10 Å². The molecule has 2 aromatic heterocycles. The van der Waals surface area contributed by atoms with Crippen molar-refractivity contribution < 1.29 is 9.90 Å². The fourth-order valence-electron chi connectivity index (χ4n) is 3.37. The highest BCUT2D eigenvalue weighted by molar-refractivity contribution is 5.90. The quantitative estimate of drug-likeness (QED) is 0.562. The average molecular weight is 387 g/mol. The van der Waals surface area contributed by atoms with E-state index in [4.69, 9.17) is 5.73 Å². The summed E-state index contributed by atoms with van der Waals surface area (Å²) in [6, 6.07) is 20.9. The number of carbonyl (C=O) groups is 1. The number of pyridine rings is 1. The van der Waals surface area contributed by atoms with E-state index in [1.54, 1.807) is 11.6 Å². The molecule has 8 nitrogen and oxygen atoms in total. The number of hydrogen-bond donors (Lipinski definition) is 1. The molecule has 146 valence electrons. The number of nitrogen functional groups attached to an aromatic ring is 1. The van der Waals surface area contributed by atoms with Gasteiger partial charge in [0.1, 0.15) is 18.0 Å². The van der Waals surface area contributed by atoms with Crippen molar-refractivity contribution in [1.29, 1.82) is 0 Å². The predicted octanol–water partition coefficient (Wildman–Crippen LogP) is 2.22. The number of nitrogens with two attached hydrogens (primary N) is 1. The third-order valence-corrected chi connectivity index (χ3v) is 4.74. The minimum Gasteiger partial charge on any atom is -0.530 e. The molecule has 0 bridgehead atoms. The lowest BCUT2D eigenvalue weighted by Gasteiger charge is -2.23. The highest BCUT2D eigenvalue weighted by Crippen LogP contribution is 2.31. The van der Waals surface area contributed by atoms with Crippen molar-refractivity contribution >= 4 is 28.8 Å². The van der Waals surface area contributed by atoms with Crippen LogP contribution >= 0.6 is 0 Å². The molecule has 0 aliphatic heterocycles. The Balaban J connectivity index is 1.95.